The maximum atomic E-state index is 12.4. The van der Waals surface area contributed by atoms with E-state index in [1.54, 1.807) is 0 Å². The van der Waals surface area contributed by atoms with E-state index in [4.69, 9.17) is 9.47 Å². The van der Waals surface area contributed by atoms with Crippen molar-refractivity contribution in [3.63, 3.8) is 0 Å². The average molecular weight is 381 g/mol. The van der Waals surface area contributed by atoms with Crippen LogP contribution in [0.1, 0.15) is 50.2 Å². The van der Waals surface area contributed by atoms with E-state index >= 15 is 0 Å². The predicted molar refractivity (Wildman–Crippen MR) is 112 cm³/mol. The molecule has 1 aliphatic rings. The molecule has 3 rings (SSSR count). The van der Waals surface area contributed by atoms with E-state index in [2.05, 4.69) is 25.1 Å². The number of esters is 1. The third-order valence-electron chi connectivity index (χ3n) is 5.57. The first-order valence-corrected chi connectivity index (χ1v) is 10.7. The van der Waals surface area contributed by atoms with Gasteiger partial charge in [-0.15, -0.1) is 0 Å². The number of ether oxygens (including phenoxy) is 2. The third kappa shape index (κ3) is 5.85. The van der Waals surface area contributed by atoms with Crippen molar-refractivity contribution in [2.45, 2.75) is 51.9 Å². The van der Waals surface area contributed by atoms with Gasteiger partial charge in [-0.05, 0) is 36.5 Å². The highest BCUT2D eigenvalue weighted by Gasteiger charge is 2.37. The van der Waals surface area contributed by atoms with Crippen molar-refractivity contribution in [3.8, 4) is 5.75 Å². The van der Waals surface area contributed by atoms with E-state index in [-0.39, 0.29) is 17.8 Å². The molecule has 0 amide bonds. The molecule has 0 bridgehead atoms. The Morgan fingerprint density at radius 3 is 2.50 bits per heavy atom. The Morgan fingerprint density at radius 1 is 0.929 bits per heavy atom. The van der Waals surface area contributed by atoms with Crippen LogP contribution < -0.4 is 4.74 Å². The van der Waals surface area contributed by atoms with Gasteiger partial charge in [-0.3, -0.25) is 4.79 Å². The van der Waals surface area contributed by atoms with Crippen LogP contribution in [0.15, 0.2) is 54.6 Å². The molecule has 0 spiro atoms. The summed E-state index contributed by atoms with van der Waals surface area (Å²) in [5.41, 5.74) is 2.37. The summed E-state index contributed by atoms with van der Waals surface area (Å²) in [7, 11) is 0. The molecular weight excluding hydrogens is 348 g/mol. The van der Waals surface area contributed by atoms with E-state index in [0.717, 1.165) is 30.8 Å². The van der Waals surface area contributed by atoms with Crippen molar-refractivity contribution in [2.24, 2.45) is 11.8 Å². The summed E-state index contributed by atoms with van der Waals surface area (Å²) in [5.74, 6) is 0.956. The van der Waals surface area contributed by atoms with Crippen molar-refractivity contribution in [3.05, 3.63) is 65.7 Å². The standard InChI is InChI=1S/C25H32O3/c1-2-3-4-5-11-16-27-24-15-10-9-14-21(24)18-23-22(19-28-25(23)26)17-20-12-7-6-8-13-20/h6-10,12-15,22-23H,2-5,11,16-19H2,1H3/t22-,23+/m0/s1. The van der Waals surface area contributed by atoms with Gasteiger partial charge in [-0.2, -0.15) is 0 Å². The molecule has 1 saturated heterocycles. The number of carbonyl (C=O) groups excluding carboxylic acids is 1. The normalized spacial score (nSPS) is 18.8. The van der Waals surface area contributed by atoms with Crippen molar-refractivity contribution < 1.29 is 14.3 Å². The lowest BCUT2D eigenvalue weighted by Crippen LogP contribution is -2.21. The number of cyclic esters (lactones) is 1. The highest BCUT2D eigenvalue weighted by atomic mass is 16.5. The molecule has 28 heavy (non-hydrogen) atoms. The summed E-state index contributed by atoms with van der Waals surface area (Å²) < 4.78 is 11.5. The van der Waals surface area contributed by atoms with Gasteiger partial charge in [0, 0.05) is 5.92 Å². The van der Waals surface area contributed by atoms with Crippen molar-refractivity contribution >= 4 is 5.97 Å². The first-order chi connectivity index (χ1) is 13.8. The van der Waals surface area contributed by atoms with Gasteiger partial charge in [0.05, 0.1) is 19.1 Å². The molecule has 3 nitrogen and oxygen atoms in total. The minimum absolute atomic E-state index is 0.0738. The van der Waals surface area contributed by atoms with Crippen LogP contribution in [0.25, 0.3) is 0 Å². The fourth-order valence-corrected chi connectivity index (χ4v) is 3.91. The number of rotatable bonds is 11. The maximum Gasteiger partial charge on any atom is 0.309 e. The van der Waals surface area contributed by atoms with Crippen LogP contribution in [0.2, 0.25) is 0 Å². The lowest BCUT2D eigenvalue weighted by Gasteiger charge is -2.17. The Balaban J connectivity index is 1.59. The van der Waals surface area contributed by atoms with Gasteiger partial charge in [-0.1, -0.05) is 81.1 Å². The van der Waals surface area contributed by atoms with Crippen LogP contribution >= 0.6 is 0 Å². The average Bonchev–Trinajstić information content (AvgIpc) is 3.06. The number of carbonyl (C=O) groups is 1. The number of unbranched alkanes of at least 4 members (excludes halogenated alkanes) is 4. The summed E-state index contributed by atoms with van der Waals surface area (Å²) in [6.45, 7) is 3.48. The van der Waals surface area contributed by atoms with Gasteiger partial charge in [0.1, 0.15) is 5.75 Å². The Labute approximate surface area is 169 Å². The molecule has 2 aromatic rings. The largest absolute Gasteiger partial charge is 0.493 e. The zero-order chi connectivity index (χ0) is 19.6. The Bertz CT molecular complexity index is 726. The highest BCUT2D eigenvalue weighted by Crippen LogP contribution is 2.32. The van der Waals surface area contributed by atoms with Crippen molar-refractivity contribution in [1.29, 1.82) is 0 Å². The molecule has 0 aromatic heterocycles. The Hall–Kier alpha value is -2.29. The van der Waals surface area contributed by atoms with Gasteiger partial charge in [0.15, 0.2) is 0 Å². The van der Waals surface area contributed by atoms with Crippen LogP contribution in [0.3, 0.4) is 0 Å². The van der Waals surface area contributed by atoms with Crippen molar-refractivity contribution in [1.82, 2.24) is 0 Å². The molecule has 150 valence electrons. The van der Waals surface area contributed by atoms with Crippen LogP contribution in [-0.4, -0.2) is 19.2 Å². The summed E-state index contributed by atoms with van der Waals surface area (Å²) in [5, 5.41) is 0. The minimum atomic E-state index is -0.102. The number of hydrogen-bond acceptors (Lipinski definition) is 3. The smallest absolute Gasteiger partial charge is 0.309 e. The van der Waals surface area contributed by atoms with Crippen LogP contribution in [-0.2, 0) is 22.4 Å². The number of para-hydroxylation sites is 1. The molecule has 0 unspecified atom stereocenters. The van der Waals surface area contributed by atoms with Crippen molar-refractivity contribution in [2.75, 3.05) is 13.2 Å². The number of hydrogen-bond donors (Lipinski definition) is 0. The molecule has 0 saturated carbocycles. The summed E-state index contributed by atoms with van der Waals surface area (Å²) >= 11 is 0. The topological polar surface area (TPSA) is 35.5 Å². The van der Waals surface area contributed by atoms with Crippen LogP contribution in [0, 0.1) is 11.8 Å². The second-order valence-corrected chi connectivity index (χ2v) is 7.76. The monoisotopic (exact) mass is 380 g/mol. The first-order valence-electron chi connectivity index (χ1n) is 10.7. The fourth-order valence-electron chi connectivity index (χ4n) is 3.91. The third-order valence-corrected chi connectivity index (χ3v) is 5.57. The molecule has 0 aliphatic carbocycles. The predicted octanol–water partition coefficient (Wildman–Crippen LogP) is 5.61. The zero-order valence-electron chi connectivity index (χ0n) is 16.9. The van der Waals surface area contributed by atoms with Gasteiger partial charge in [-0.25, -0.2) is 0 Å². The second kappa shape index (κ2) is 10.9. The molecule has 1 aliphatic heterocycles. The molecule has 0 radical (unpaired) electrons. The summed E-state index contributed by atoms with van der Waals surface area (Å²) in [6.07, 6.45) is 7.67. The Morgan fingerprint density at radius 2 is 1.68 bits per heavy atom. The van der Waals surface area contributed by atoms with Gasteiger partial charge < -0.3 is 9.47 Å². The highest BCUT2D eigenvalue weighted by molar-refractivity contribution is 5.75. The van der Waals surface area contributed by atoms with Gasteiger partial charge in [0.2, 0.25) is 0 Å². The number of benzene rings is 2. The summed E-state index contributed by atoms with van der Waals surface area (Å²) in [6, 6.07) is 18.5. The second-order valence-electron chi connectivity index (χ2n) is 7.76. The van der Waals surface area contributed by atoms with Crippen LogP contribution in [0.5, 0.6) is 5.75 Å². The molecule has 1 heterocycles. The van der Waals surface area contributed by atoms with E-state index < -0.39 is 0 Å². The Kier molecular flexibility index (Phi) is 7.95. The van der Waals surface area contributed by atoms with Crippen LogP contribution in [0.4, 0.5) is 0 Å². The van der Waals surface area contributed by atoms with Gasteiger partial charge >= 0.3 is 5.97 Å². The minimum Gasteiger partial charge on any atom is -0.493 e. The lowest BCUT2D eigenvalue weighted by atomic mass is 9.85. The molecule has 3 heteroatoms. The molecule has 2 atom stereocenters. The summed E-state index contributed by atoms with van der Waals surface area (Å²) in [4.78, 5) is 12.4. The van der Waals surface area contributed by atoms with E-state index in [1.165, 1.54) is 31.2 Å². The van der Waals surface area contributed by atoms with E-state index in [0.29, 0.717) is 13.0 Å². The molecular formula is C25H32O3. The molecule has 1 fully saturated rings. The van der Waals surface area contributed by atoms with E-state index in [1.807, 2.05) is 36.4 Å². The fraction of sp³-hybridized carbons (Fsp3) is 0.480. The molecule has 0 N–H and O–H groups in total. The van der Waals surface area contributed by atoms with Gasteiger partial charge in [0.25, 0.3) is 0 Å². The quantitative estimate of drug-likeness (QED) is 0.375. The first kappa shape index (κ1) is 20.4. The van der Waals surface area contributed by atoms with E-state index in [9.17, 15) is 4.79 Å². The lowest BCUT2D eigenvalue weighted by molar-refractivity contribution is -0.141. The molecule has 2 aromatic carbocycles. The SMILES string of the molecule is CCCCCCCOc1ccccc1C[C@H]1C(=O)OC[C@@H]1Cc1ccccc1. The maximum absolute atomic E-state index is 12.4. The zero-order valence-corrected chi connectivity index (χ0v) is 16.9.